The van der Waals surface area contributed by atoms with E-state index in [1.807, 2.05) is 30.3 Å². The number of carboxylic acid groups (broad SMARTS) is 1. The number of benzene rings is 1. The van der Waals surface area contributed by atoms with Crippen LogP contribution < -0.4 is 0 Å². The smallest absolute Gasteiger partial charge is 0.300 e. The van der Waals surface area contributed by atoms with E-state index in [0.717, 1.165) is 12.5 Å². The minimum atomic E-state index is -0.833. The summed E-state index contributed by atoms with van der Waals surface area (Å²) in [7, 11) is 0. The van der Waals surface area contributed by atoms with Crippen molar-refractivity contribution in [3.8, 4) is 17.0 Å². The van der Waals surface area contributed by atoms with Gasteiger partial charge in [0.25, 0.3) is 5.97 Å². The van der Waals surface area contributed by atoms with Crippen LogP contribution in [0.1, 0.15) is 6.92 Å². The quantitative estimate of drug-likeness (QED) is 0.799. The van der Waals surface area contributed by atoms with Crippen molar-refractivity contribution in [2.45, 2.75) is 6.92 Å². The standard InChI is InChI=1S/C9H7NOS.C2H4O2/c11-8-6-12-10-9(8)7-4-2-1-3-5-7;1-2(3)4/h1-6,11H;1H3,(H,3,4). The third-order valence-corrected chi connectivity index (χ3v) is 2.21. The lowest BCUT2D eigenvalue weighted by molar-refractivity contribution is -0.134. The largest absolute Gasteiger partial charge is 0.505 e. The fourth-order valence-electron chi connectivity index (χ4n) is 1.03. The van der Waals surface area contributed by atoms with E-state index in [2.05, 4.69) is 4.37 Å². The van der Waals surface area contributed by atoms with Crippen LogP contribution in [-0.4, -0.2) is 20.6 Å². The lowest BCUT2D eigenvalue weighted by Gasteiger charge is -1.94. The van der Waals surface area contributed by atoms with Gasteiger partial charge in [0, 0.05) is 12.5 Å². The Hall–Kier alpha value is -1.88. The normalized spacial score (nSPS) is 9.06. The number of carboxylic acids is 1. The zero-order chi connectivity index (χ0) is 12.0. The maximum atomic E-state index is 9.35. The molecule has 84 valence electrons. The van der Waals surface area contributed by atoms with Crippen molar-refractivity contribution in [1.29, 1.82) is 0 Å². The van der Waals surface area contributed by atoms with Crippen molar-refractivity contribution in [1.82, 2.24) is 4.37 Å². The monoisotopic (exact) mass is 237 g/mol. The van der Waals surface area contributed by atoms with Crippen LogP contribution in [0.25, 0.3) is 11.3 Å². The van der Waals surface area contributed by atoms with Crippen molar-refractivity contribution < 1.29 is 15.0 Å². The van der Waals surface area contributed by atoms with Gasteiger partial charge in [0.2, 0.25) is 0 Å². The zero-order valence-electron chi connectivity index (χ0n) is 8.62. The van der Waals surface area contributed by atoms with Gasteiger partial charge >= 0.3 is 0 Å². The lowest BCUT2D eigenvalue weighted by Crippen LogP contribution is -1.78. The van der Waals surface area contributed by atoms with Crippen molar-refractivity contribution in [3.05, 3.63) is 35.7 Å². The molecule has 0 spiro atoms. The molecule has 4 nitrogen and oxygen atoms in total. The van der Waals surface area contributed by atoms with E-state index in [4.69, 9.17) is 9.90 Å². The molecule has 0 aliphatic heterocycles. The van der Waals surface area contributed by atoms with Crippen LogP contribution in [0.2, 0.25) is 0 Å². The summed E-state index contributed by atoms with van der Waals surface area (Å²) in [5.41, 5.74) is 1.62. The second-order valence-electron chi connectivity index (χ2n) is 2.93. The Balaban J connectivity index is 0.000000280. The Kier molecular flexibility index (Phi) is 4.47. The first-order valence-electron chi connectivity index (χ1n) is 4.49. The van der Waals surface area contributed by atoms with Crippen LogP contribution in [0.15, 0.2) is 35.7 Å². The highest BCUT2D eigenvalue weighted by molar-refractivity contribution is 7.04. The number of nitrogens with zero attached hydrogens (tertiary/aromatic N) is 1. The van der Waals surface area contributed by atoms with Crippen LogP contribution >= 0.6 is 11.5 Å². The van der Waals surface area contributed by atoms with Gasteiger partial charge in [-0.15, -0.1) is 0 Å². The fraction of sp³-hybridized carbons (Fsp3) is 0.0909. The Morgan fingerprint density at radius 2 is 1.88 bits per heavy atom. The molecule has 16 heavy (non-hydrogen) atoms. The summed E-state index contributed by atoms with van der Waals surface area (Å²) >= 11 is 1.26. The number of carbonyl (C=O) groups is 1. The molecule has 5 heteroatoms. The molecule has 0 radical (unpaired) electrons. The maximum Gasteiger partial charge on any atom is 0.300 e. The van der Waals surface area contributed by atoms with Gasteiger partial charge in [0.05, 0.1) is 5.38 Å². The van der Waals surface area contributed by atoms with Gasteiger partial charge in [-0.3, -0.25) is 4.79 Å². The van der Waals surface area contributed by atoms with Crippen LogP contribution in [0.5, 0.6) is 5.75 Å². The SMILES string of the molecule is CC(=O)O.Oc1csnc1-c1ccccc1. The molecule has 0 aliphatic carbocycles. The van der Waals surface area contributed by atoms with E-state index in [0.29, 0.717) is 5.69 Å². The number of aromatic nitrogens is 1. The van der Waals surface area contributed by atoms with Crippen molar-refractivity contribution in [3.63, 3.8) is 0 Å². The molecule has 0 bridgehead atoms. The second-order valence-corrected chi connectivity index (χ2v) is 3.56. The molecule has 1 heterocycles. The number of aliphatic carboxylic acids is 1. The third-order valence-electron chi connectivity index (χ3n) is 1.60. The number of hydrogen-bond donors (Lipinski definition) is 2. The van der Waals surface area contributed by atoms with Gasteiger partial charge in [0.15, 0.2) is 5.75 Å². The summed E-state index contributed by atoms with van der Waals surface area (Å²) < 4.78 is 4.08. The molecule has 0 atom stereocenters. The Morgan fingerprint density at radius 1 is 1.31 bits per heavy atom. The van der Waals surface area contributed by atoms with E-state index >= 15 is 0 Å². The van der Waals surface area contributed by atoms with E-state index < -0.39 is 5.97 Å². The van der Waals surface area contributed by atoms with Gasteiger partial charge in [-0.2, -0.15) is 4.37 Å². The van der Waals surface area contributed by atoms with Gasteiger partial charge in [0.1, 0.15) is 5.69 Å². The first kappa shape index (κ1) is 12.2. The minimum Gasteiger partial charge on any atom is -0.505 e. The number of aromatic hydroxyl groups is 1. The van der Waals surface area contributed by atoms with Gasteiger partial charge in [-0.05, 0) is 11.5 Å². The van der Waals surface area contributed by atoms with E-state index in [1.165, 1.54) is 11.5 Å². The van der Waals surface area contributed by atoms with Crippen molar-refractivity contribution in [2.24, 2.45) is 0 Å². The highest BCUT2D eigenvalue weighted by Gasteiger charge is 2.04. The Labute approximate surface area is 97.0 Å². The Bertz CT molecular complexity index is 449. The molecular formula is C11H11NO3S. The maximum absolute atomic E-state index is 9.35. The average molecular weight is 237 g/mol. The topological polar surface area (TPSA) is 70.4 Å². The molecule has 0 amide bonds. The predicted molar refractivity (Wildman–Crippen MR) is 62.5 cm³/mol. The number of rotatable bonds is 1. The molecule has 0 fully saturated rings. The van der Waals surface area contributed by atoms with E-state index in [1.54, 1.807) is 5.38 Å². The molecule has 2 N–H and O–H groups in total. The summed E-state index contributed by atoms with van der Waals surface area (Å²) in [5, 5.41) is 18.4. The molecule has 1 aromatic heterocycles. The molecule has 1 aromatic carbocycles. The third kappa shape index (κ3) is 3.70. The fourth-order valence-corrected chi connectivity index (χ4v) is 1.60. The van der Waals surface area contributed by atoms with Gasteiger partial charge in [-0.1, -0.05) is 30.3 Å². The number of hydrogen-bond acceptors (Lipinski definition) is 4. The highest BCUT2D eigenvalue weighted by atomic mass is 32.1. The van der Waals surface area contributed by atoms with Crippen LogP contribution in [0, 0.1) is 0 Å². The summed E-state index contributed by atoms with van der Waals surface area (Å²) in [5.74, 6) is -0.578. The molecule has 0 saturated heterocycles. The summed E-state index contributed by atoms with van der Waals surface area (Å²) in [6.45, 7) is 1.08. The first-order chi connectivity index (χ1) is 7.61. The van der Waals surface area contributed by atoms with E-state index in [9.17, 15) is 5.11 Å². The minimum absolute atomic E-state index is 0.256. The zero-order valence-corrected chi connectivity index (χ0v) is 9.44. The molecule has 2 aromatic rings. The second kappa shape index (κ2) is 5.87. The molecule has 2 rings (SSSR count). The summed E-state index contributed by atoms with van der Waals surface area (Å²) in [6.07, 6.45) is 0. The van der Waals surface area contributed by atoms with Crippen LogP contribution in [0.4, 0.5) is 0 Å². The van der Waals surface area contributed by atoms with Crippen LogP contribution in [-0.2, 0) is 4.79 Å². The van der Waals surface area contributed by atoms with Gasteiger partial charge < -0.3 is 10.2 Å². The lowest BCUT2D eigenvalue weighted by atomic mass is 10.1. The molecule has 0 unspecified atom stereocenters. The molecular weight excluding hydrogens is 226 g/mol. The molecule has 0 aliphatic rings. The summed E-state index contributed by atoms with van der Waals surface area (Å²) in [6, 6.07) is 9.64. The highest BCUT2D eigenvalue weighted by Crippen LogP contribution is 2.28. The van der Waals surface area contributed by atoms with Crippen LogP contribution in [0.3, 0.4) is 0 Å². The van der Waals surface area contributed by atoms with E-state index in [-0.39, 0.29) is 5.75 Å². The molecule has 0 saturated carbocycles. The first-order valence-corrected chi connectivity index (χ1v) is 5.33. The van der Waals surface area contributed by atoms with Crippen molar-refractivity contribution >= 4 is 17.5 Å². The summed E-state index contributed by atoms with van der Waals surface area (Å²) in [4.78, 5) is 9.00. The average Bonchev–Trinajstić information content (AvgIpc) is 2.65. The predicted octanol–water partition coefficient (Wildman–Crippen LogP) is 2.61. The van der Waals surface area contributed by atoms with Gasteiger partial charge in [-0.25, -0.2) is 0 Å². The Morgan fingerprint density at radius 3 is 2.31 bits per heavy atom. The van der Waals surface area contributed by atoms with Crippen molar-refractivity contribution in [2.75, 3.05) is 0 Å².